The van der Waals surface area contributed by atoms with Crippen LogP contribution in [-0.4, -0.2) is 10.2 Å². The number of phenols is 2. The zero-order chi connectivity index (χ0) is 33.2. The summed E-state index contributed by atoms with van der Waals surface area (Å²) in [4.78, 5) is 2.79. The molecule has 0 heterocycles. The maximum absolute atomic E-state index is 12.2. The van der Waals surface area contributed by atoms with E-state index in [-0.39, 0.29) is 43.3 Å². The van der Waals surface area contributed by atoms with Gasteiger partial charge in [-0.2, -0.15) is 0 Å². The summed E-state index contributed by atoms with van der Waals surface area (Å²) < 4.78 is 0. The summed E-state index contributed by atoms with van der Waals surface area (Å²) >= 11 is 0. The molecule has 242 valence electrons. The molecule has 4 heteroatoms. The number of hydrogen-bond acceptors (Lipinski definition) is 4. The van der Waals surface area contributed by atoms with Crippen LogP contribution in [0.1, 0.15) is 181 Å². The van der Waals surface area contributed by atoms with Gasteiger partial charge in [0.1, 0.15) is 11.5 Å². The molecule has 0 unspecified atom stereocenters. The highest BCUT2D eigenvalue weighted by atomic mass is 33.1. The van der Waals surface area contributed by atoms with Crippen LogP contribution in [0.4, 0.5) is 0 Å². The van der Waals surface area contributed by atoms with Crippen LogP contribution in [0.25, 0.3) is 0 Å². The quantitative estimate of drug-likeness (QED) is 0.330. The molecule has 4 aliphatic rings. The van der Waals surface area contributed by atoms with E-state index in [1.807, 2.05) is 21.6 Å². The average molecular weight is 635 g/mol. The van der Waals surface area contributed by atoms with Crippen LogP contribution in [0.15, 0.2) is 9.79 Å². The monoisotopic (exact) mass is 634 g/mol. The van der Waals surface area contributed by atoms with Crippen LogP contribution in [0, 0.1) is 0 Å². The third kappa shape index (κ3) is 4.20. The van der Waals surface area contributed by atoms with E-state index >= 15 is 0 Å². The number of rotatable bonds is 3. The first kappa shape index (κ1) is 32.7. The molecule has 0 bridgehead atoms. The van der Waals surface area contributed by atoms with Gasteiger partial charge in [0.05, 0.1) is 0 Å². The Labute approximate surface area is 276 Å². The fraction of sp³-hybridized carbons (Fsp3) is 0.700. The Kier molecular flexibility index (Phi) is 6.53. The molecule has 0 radical (unpaired) electrons. The molecule has 0 amide bonds. The SMILES string of the molecule is CC1(C)CC(C)(C)c2c(SSc3c4c(c(O)c5c3C(C)(C)CC5(C)C)C(C)(C)CC4(C)C)c3c(c(O)c21)C(C)(C)CC3(C)C. The van der Waals surface area contributed by atoms with E-state index in [2.05, 4.69) is 111 Å². The first-order valence-corrected chi connectivity index (χ1v) is 19.0. The Bertz CT molecular complexity index is 1400. The van der Waals surface area contributed by atoms with Gasteiger partial charge in [-0.3, -0.25) is 0 Å². The minimum absolute atomic E-state index is 0.0432. The van der Waals surface area contributed by atoms with Crippen molar-refractivity contribution in [2.24, 2.45) is 0 Å². The summed E-state index contributed by atoms with van der Waals surface area (Å²) in [5, 5.41) is 24.3. The largest absolute Gasteiger partial charge is 0.507 e. The van der Waals surface area contributed by atoms with Gasteiger partial charge in [-0.1, -0.05) is 132 Å². The minimum Gasteiger partial charge on any atom is -0.507 e. The molecule has 0 saturated heterocycles. The third-order valence-electron chi connectivity index (χ3n) is 12.0. The van der Waals surface area contributed by atoms with Gasteiger partial charge < -0.3 is 10.2 Å². The summed E-state index contributed by atoms with van der Waals surface area (Å²) in [6.07, 6.45) is 4.10. The van der Waals surface area contributed by atoms with E-state index < -0.39 is 0 Å². The Morgan fingerprint density at radius 3 is 0.659 bits per heavy atom. The van der Waals surface area contributed by atoms with Gasteiger partial charge in [-0.05, 0) is 91.3 Å². The fourth-order valence-electron chi connectivity index (χ4n) is 12.0. The lowest BCUT2D eigenvalue weighted by Gasteiger charge is -2.32. The van der Waals surface area contributed by atoms with Crippen LogP contribution in [0.5, 0.6) is 11.5 Å². The molecule has 2 N–H and O–H groups in total. The molecule has 44 heavy (non-hydrogen) atoms. The average Bonchev–Trinajstić information content (AvgIpc) is 3.28. The van der Waals surface area contributed by atoms with Crippen LogP contribution < -0.4 is 0 Å². The summed E-state index contributed by atoms with van der Waals surface area (Å²) in [5.74, 6) is 1.13. The third-order valence-corrected chi connectivity index (χ3v) is 14.5. The van der Waals surface area contributed by atoms with Crippen LogP contribution >= 0.6 is 21.6 Å². The van der Waals surface area contributed by atoms with Gasteiger partial charge >= 0.3 is 0 Å². The molecule has 0 spiro atoms. The van der Waals surface area contributed by atoms with Crippen molar-refractivity contribution in [3.05, 3.63) is 44.5 Å². The normalized spacial score (nSPS) is 26.3. The van der Waals surface area contributed by atoms with E-state index in [0.29, 0.717) is 11.5 Å². The molecule has 0 fully saturated rings. The van der Waals surface area contributed by atoms with Crippen molar-refractivity contribution in [3.8, 4) is 11.5 Å². The molecule has 0 saturated carbocycles. The van der Waals surface area contributed by atoms with Crippen LogP contribution in [-0.2, 0) is 43.3 Å². The van der Waals surface area contributed by atoms with Crippen LogP contribution in [0.3, 0.4) is 0 Å². The summed E-state index contributed by atoms with van der Waals surface area (Å²) in [5.41, 5.74) is 9.63. The number of phenolic OH excluding ortho intramolecular Hbond substituents is 2. The molecule has 2 aromatic carbocycles. The van der Waals surface area contributed by atoms with Gasteiger partial charge in [0.25, 0.3) is 0 Å². The minimum atomic E-state index is -0.0974. The zero-order valence-corrected chi connectivity index (χ0v) is 32.2. The smallest absolute Gasteiger partial charge is 0.123 e. The van der Waals surface area contributed by atoms with E-state index in [0.717, 1.165) is 25.7 Å². The van der Waals surface area contributed by atoms with Gasteiger partial charge in [0.15, 0.2) is 0 Å². The van der Waals surface area contributed by atoms with Crippen molar-refractivity contribution >= 4 is 21.6 Å². The Morgan fingerprint density at radius 1 is 0.318 bits per heavy atom. The second-order valence-corrected chi connectivity index (χ2v) is 22.5. The lowest BCUT2D eigenvalue weighted by atomic mass is 9.79. The summed E-state index contributed by atoms with van der Waals surface area (Å²) in [6.45, 7) is 37.8. The van der Waals surface area contributed by atoms with Crippen molar-refractivity contribution in [1.82, 2.24) is 0 Å². The van der Waals surface area contributed by atoms with Crippen molar-refractivity contribution in [3.63, 3.8) is 0 Å². The van der Waals surface area contributed by atoms with Crippen molar-refractivity contribution in [1.29, 1.82) is 0 Å². The van der Waals surface area contributed by atoms with E-state index in [9.17, 15) is 10.2 Å². The second kappa shape index (κ2) is 8.80. The predicted molar refractivity (Wildman–Crippen MR) is 191 cm³/mol. The van der Waals surface area contributed by atoms with Gasteiger partial charge in [-0.25, -0.2) is 0 Å². The van der Waals surface area contributed by atoms with E-state index in [1.165, 1.54) is 54.3 Å². The van der Waals surface area contributed by atoms with Crippen molar-refractivity contribution < 1.29 is 10.2 Å². The molecule has 0 aliphatic heterocycles. The fourth-order valence-corrected chi connectivity index (χ4v) is 15.5. The molecular weight excluding hydrogens is 577 g/mol. The topological polar surface area (TPSA) is 40.5 Å². The first-order chi connectivity index (χ1) is 19.6. The Hall–Kier alpha value is -1.26. The molecule has 0 atom stereocenters. The maximum Gasteiger partial charge on any atom is 0.123 e. The lowest BCUT2D eigenvalue weighted by molar-refractivity contribution is 0.373. The van der Waals surface area contributed by atoms with Crippen molar-refractivity contribution in [2.45, 2.75) is 190 Å². The van der Waals surface area contributed by atoms with Gasteiger partial charge in [0, 0.05) is 32.0 Å². The highest BCUT2D eigenvalue weighted by molar-refractivity contribution is 8.76. The molecule has 2 nitrogen and oxygen atoms in total. The second-order valence-electron chi connectivity index (χ2n) is 20.3. The van der Waals surface area contributed by atoms with Crippen LogP contribution in [0.2, 0.25) is 0 Å². The lowest BCUT2D eigenvalue weighted by Crippen LogP contribution is -2.21. The molecule has 2 aromatic rings. The number of aromatic hydroxyl groups is 2. The Morgan fingerprint density at radius 2 is 0.477 bits per heavy atom. The van der Waals surface area contributed by atoms with E-state index in [1.54, 1.807) is 0 Å². The summed E-state index contributed by atoms with van der Waals surface area (Å²) in [6, 6.07) is 0. The summed E-state index contributed by atoms with van der Waals surface area (Å²) in [7, 11) is 3.93. The molecule has 6 rings (SSSR count). The number of fused-ring (bicyclic) bond motifs is 4. The highest BCUT2D eigenvalue weighted by Gasteiger charge is 2.56. The molecule has 4 aliphatic carbocycles. The molecular formula is C40H58O2S2. The zero-order valence-electron chi connectivity index (χ0n) is 30.5. The van der Waals surface area contributed by atoms with Gasteiger partial charge in [0.2, 0.25) is 0 Å². The highest BCUT2D eigenvalue weighted by Crippen LogP contribution is 2.69. The predicted octanol–water partition coefficient (Wildman–Crippen LogP) is 11.7. The van der Waals surface area contributed by atoms with E-state index in [4.69, 9.17) is 0 Å². The maximum atomic E-state index is 12.2. The van der Waals surface area contributed by atoms with Gasteiger partial charge in [-0.15, -0.1) is 0 Å². The molecule has 0 aromatic heterocycles. The van der Waals surface area contributed by atoms with Crippen molar-refractivity contribution in [2.75, 3.05) is 0 Å². The number of hydrogen-bond donors (Lipinski definition) is 2. The first-order valence-electron chi connectivity index (χ1n) is 16.9. The Balaban J connectivity index is 1.67. The number of benzene rings is 2. The standard InChI is InChI=1S/C40H58O2S2/c1-33(2)17-37(9,10)25-21(33)29(41)22-26(38(11,12)18-34(22,3)4)31(25)43-44-32-27-23(35(5,6)19-39(27,13)14)30(42)24-28(32)40(15,16)20-36(24,7)8/h41-42H,17-20H2,1-16H3.